The fourth-order valence-corrected chi connectivity index (χ4v) is 6.43. The Morgan fingerprint density at radius 2 is 1.86 bits per heavy atom. The number of carbonyl (C=O) groups excluding carboxylic acids is 1. The maximum atomic E-state index is 13.3. The van der Waals surface area contributed by atoms with E-state index in [0.29, 0.717) is 48.1 Å². The molecule has 2 heterocycles. The van der Waals surface area contributed by atoms with Crippen LogP contribution in [0.4, 0.5) is 11.4 Å². The summed E-state index contributed by atoms with van der Waals surface area (Å²) in [6.45, 7) is 12.9. The van der Waals surface area contributed by atoms with Crippen molar-refractivity contribution in [1.29, 1.82) is 0 Å². The van der Waals surface area contributed by atoms with Gasteiger partial charge in [-0.2, -0.15) is 18.2 Å². The first-order valence-corrected chi connectivity index (χ1v) is 18.9. The smallest absolute Gasteiger partial charge is 0.294 e. The summed E-state index contributed by atoms with van der Waals surface area (Å²) in [7, 11) is -7.99. The average Bonchev–Trinajstić information content (AvgIpc) is 3.58. The van der Waals surface area contributed by atoms with Crippen LogP contribution in [-0.2, 0) is 29.5 Å². The van der Waals surface area contributed by atoms with Gasteiger partial charge in [0, 0.05) is 41.2 Å². The van der Waals surface area contributed by atoms with Crippen LogP contribution in [0.15, 0.2) is 56.3 Å². The van der Waals surface area contributed by atoms with Gasteiger partial charge in [-0.15, -0.1) is 14.5 Å². The highest BCUT2D eigenvalue weighted by Gasteiger charge is 2.36. The lowest BCUT2D eigenvalue weighted by Crippen LogP contribution is -2.34. The number of likely N-dealkylation sites (N-methyl/N-ethyl adjacent to an activating group) is 1. The maximum absolute atomic E-state index is 13.3. The van der Waals surface area contributed by atoms with Crippen LogP contribution in [0.25, 0.3) is 0 Å². The summed E-state index contributed by atoms with van der Waals surface area (Å²) in [5.41, 5.74) is 2.98. The number of hydrogen-bond donors (Lipinski definition) is 4. The second-order valence-corrected chi connectivity index (χ2v) is 16.2. The van der Waals surface area contributed by atoms with E-state index in [9.17, 15) is 26.2 Å². The summed E-state index contributed by atoms with van der Waals surface area (Å²) in [5, 5.41) is 28.2. The number of benzene rings is 2. The molecule has 0 bridgehead atoms. The summed E-state index contributed by atoms with van der Waals surface area (Å²) < 4.78 is 64.5. The Balaban J connectivity index is 1.63. The Bertz CT molecular complexity index is 2010. The number of nitrogens with zero attached hydrogens (tertiary/aromatic N) is 6. The molecule has 0 aliphatic carbocycles. The molecule has 1 atom stereocenters. The fraction of sp³-hybridized carbons (Fsp3) is 0.414. The molecule has 3 aromatic rings. The molecule has 0 saturated carbocycles. The van der Waals surface area contributed by atoms with Crippen molar-refractivity contribution < 1.29 is 40.8 Å². The fourth-order valence-electron chi connectivity index (χ4n) is 4.89. The van der Waals surface area contributed by atoms with E-state index in [1.807, 2.05) is 57.7 Å². The van der Waals surface area contributed by atoms with Crippen LogP contribution >= 0.6 is 12.0 Å². The van der Waals surface area contributed by atoms with Gasteiger partial charge < -0.3 is 10.2 Å². The molecule has 0 fully saturated rings. The van der Waals surface area contributed by atoms with Gasteiger partial charge in [-0.1, -0.05) is 25.8 Å². The molecule has 1 aromatic heterocycles. The third-order valence-electron chi connectivity index (χ3n) is 7.25. The van der Waals surface area contributed by atoms with Crippen molar-refractivity contribution in [2.24, 2.45) is 15.5 Å². The SMILES string of the molecule is CCN(CCNS(C)(=O)=O)c1ccc(N=C2C(C(C)(C)C)=Nn3c2nnc3C(C)NC(=O)c2cc(SOOO)cc(S(=O)(=O)O)c2)c(C)c1. The number of aromatic nitrogens is 3. The standard InChI is InChI=1S/C29H38N8O9S3/c1-8-36(12-11-30-48(7,40)41)20-9-10-23(17(2)13-20)32-24-25(29(4,5)6)35-37-26(33-34-27(24)37)18(3)31-28(38)19-14-21(47-46-45-39)16-22(15-19)49(42,43)44/h9-10,13-16,18,30,39H,8,11-12H2,1-7H3,(H,31,38)(H,42,43,44). The van der Waals surface area contributed by atoms with Crippen molar-refractivity contribution >= 4 is 60.9 Å². The lowest BCUT2D eigenvalue weighted by molar-refractivity contribution is -0.432. The number of aliphatic imine (C=N–C) groups is 1. The van der Waals surface area contributed by atoms with Crippen LogP contribution in [0.5, 0.6) is 0 Å². The Morgan fingerprint density at radius 1 is 1.14 bits per heavy atom. The predicted molar refractivity (Wildman–Crippen MR) is 183 cm³/mol. The summed E-state index contributed by atoms with van der Waals surface area (Å²) in [6.07, 6.45) is 1.12. The largest absolute Gasteiger partial charge is 0.370 e. The third-order valence-corrected chi connectivity index (χ3v) is 9.37. The van der Waals surface area contributed by atoms with E-state index in [1.165, 1.54) is 10.7 Å². The molecule has 4 N–H and O–H groups in total. The lowest BCUT2D eigenvalue weighted by atomic mass is 9.87. The zero-order chi connectivity index (χ0) is 36.3. The third kappa shape index (κ3) is 9.48. The van der Waals surface area contributed by atoms with E-state index in [0.717, 1.165) is 29.6 Å². The van der Waals surface area contributed by atoms with Gasteiger partial charge in [0.25, 0.3) is 16.0 Å². The quantitative estimate of drug-likeness (QED) is 0.0805. The monoisotopic (exact) mass is 738 g/mol. The number of carbonyl (C=O) groups is 1. The molecular weight excluding hydrogens is 701 g/mol. The van der Waals surface area contributed by atoms with Crippen molar-refractivity contribution in [2.75, 3.05) is 30.8 Å². The first-order chi connectivity index (χ1) is 22.8. The molecule has 2 aromatic carbocycles. The normalized spacial score (nSPS) is 14.9. The van der Waals surface area contributed by atoms with Gasteiger partial charge in [0.1, 0.15) is 5.71 Å². The highest BCUT2D eigenvalue weighted by atomic mass is 32.2. The number of rotatable bonds is 14. The number of fused-ring (bicyclic) bond motifs is 1. The van der Waals surface area contributed by atoms with Gasteiger partial charge in [0.2, 0.25) is 15.8 Å². The Labute approximate surface area is 288 Å². The first kappa shape index (κ1) is 38.0. The molecule has 4 rings (SSSR count). The highest BCUT2D eigenvalue weighted by Crippen LogP contribution is 2.31. The number of nitrogens with one attached hydrogen (secondary N) is 2. The molecule has 17 nitrogen and oxygen atoms in total. The molecule has 1 unspecified atom stereocenters. The van der Waals surface area contributed by atoms with Crippen LogP contribution in [0.2, 0.25) is 0 Å². The van der Waals surface area contributed by atoms with Gasteiger partial charge in [0.05, 0.1) is 40.6 Å². The molecule has 1 aliphatic heterocycles. The van der Waals surface area contributed by atoms with Crippen molar-refractivity contribution in [2.45, 2.75) is 57.4 Å². The highest BCUT2D eigenvalue weighted by molar-refractivity contribution is 7.94. The van der Waals surface area contributed by atoms with E-state index >= 15 is 0 Å². The zero-order valence-corrected chi connectivity index (χ0v) is 30.3. The Kier molecular flexibility index (Phi) is 11.7. The van der Waals surface area contributed by atoms with Crippen LogP contribution in [0.1, 0.15) is 68.2 Å². The van der Waals surface area contributed by atoms with E-state index < -0.39 is 42.4 Å². The number of amides is 1. The molecule has 0 radical (unpaired) electrons. The van der Waals surface area contributed by atoms with Crippen LogP contribution in [0.3, 0.4) is 0 Å². The number of anilines is 1. The molecular formula is C29H38N8O9S3. The second-order valence-electron chi connectivity index (χ2n) is 12.2. The van der Waals surface area contributed by atoms with Gasteiger partial charge in [-0.25, -0.2) is 23.4 Å². The van der Waals surface area contributed by atoms with Gasteiger partial charge >= 0.3 is 0 Å². The summed E-state index contributed by atoms with van der Waals surface area (Å²) in [6, 6.07) is 8.27. The first-order valence-electron chi connectivity index (χ1n) is 14.8. The van der Waals surface area contributed by atoms with E-state index in [1.54, 1.807) is 6.92 Å². The Hall–Kier alpha value is -3.76. The second kappa shape index (κ2) is 15.0. The minimum Gasteiger partial charge on any atom is -0.370 e. The summed E-state index contributed by atoms with van der Waals surface area (Å²) in [5.74, 6) is -0.0704. The number of aryl methyl sites for hydroxylation is 1. The molecule has 266 valence electrons. The van der Waals surface area contributed by atoms with E-state index in [2.05, 4.69) is 29.6 Å². The predicted octanol–water partition coefficient (Wildman–Crippen LogP) is 3.51. The number of hydrogen-bond acceptors (Lipinski definition) is 14. The van der Waals surface area contributed by atoms with Gasteiger partial charge in [-0.3, -0.25) is 9.35 Å². The summed E-state index contributed by atoms with van der Waals surface area (Å²) >= 11 is 0.416. The van der Waals surface area contributed by atoms with Crippen molar-refractivity contribution in [3.8, 4) is 0 Å². The van der Waals surface area contributed by atoms with Crippen molar-refractivity contribution in [1.82, 2.24) is 24.9 Å². The molecule has 0 spiro atoms. The lowest BCUT2D eigenvalue weighted by Gasteiger charge is -2.24. The van der Waals surface area contributed by atoms with E-state index in [4.69, 9.17) is 15.4 Å². The maximum Gasteiger partial charge on any atom is 0.294 e. The summed E-state index contributed by atoms with van der Waals surface area (Å²) in [4.78, 5) is 19.7. The van der Waals surface area contributed by atoms with Crippen molar-refractivity contribution in [3.05, 3.63) is 59.2 Å². The average molecular weight is 739 g/mol. The van der Waals surface area contributed by atoms with Crippen LogP contribution in [-0.4, -0.2) is 84.7 Å². The Morgan fingerprint density at radius 3 is 2.45 bits per heavy atom. The number of sulfonamides is 1. The molecule has 49 heavy (non-hydrogen) atoms. The van der Waals surface area contributed by atoms with Crippen molar-refractivity contribution in [3.63, 3.8) is 0 Å². The minimum atomic E-state index is -4.69. The van der Waals surface area contributed by atoms with Gasteiger partial charge in [0.15, 0.2) is 5.82 Å². The topological polar surface area (TPSA) is 227 Å². The van der Waals surface area contributed by atoms with Crippen LogP contribution in [0, 0.1) is 12.3 Å². The molecule has 0 saturated heterocycles. The van der Waals surface area contributed by atoms with Gasteiger partial charge in [-0.05, 0) is 62.7 Å². The minimum absolute atomic E-state index is 0.0419. The van der Waals surface area contributed by atoms with E-state index in [-0.39, 0.29) is 22.8 Å². The zero-order valence-electron chi connectivity index (χ0n) is 27.8. The molecule has 20 heteroatoms. The molecule has 1 aliphatic rings. The molecule has 1 amide bonds. The van der Waals surface area contributed by atoms with Crippen LogP contribution < -0.4 is 14.9 Å².